The molecule has 2 heterocycles. The van der Waals surface area contributed by atoms with Gasteiger partial charge in [-0.2, -0.15) is 0 Å². The summed E-state index contributed by atoms with van der Waals surface area (Å²) in [6, 6.07) is 1.94. The fraction of sp³-hybridized carbons (Fsp3) is 0.636. The molecular weight excluding hydrogens is 354 g/mol. The van der Waals surface area contributed by atoms with Crippen LogP contribution in [0.15, 0.2) is 28.8 Å². The quantitative estimate of drug-likeness (QED) is 0.761. The Morgan fingerprint density at radius 1 is 1.18 bits per heavy atom. The molecule has 0 amide bonds. The van der Waals surface area contributed by atoms with Crippen molar-refractivity contribution in [2.45, 2.75) is 57.4 Å². The third-order valence-corrected chi connectivity index (χ3v) is 6.65. The van der Waals surface area contributed by atoms with Crippen molar-refractivity contribution >= 4 is 6.29 Å². The summed E-state index contributed by atoms with van der Waals surface area (Å²) in [6.07, 6.45) is 14.7. The maximum Gasteiger partial charge on any atom is 0.248 e. The monoisotopic (exact) mass is 385 g/mol. The zero-order valence-electron chi connectivity index (χ0n) is 16.7. The number of carbonyl (C=O) groups excluding carboxylic acids is 1. The van der Waals surface area contributed by atoms with E-state index in [0.717, 1.165) is 13.0 Å². The molecule has 1 aromatic heterocycles. The van der Waals surface area contributed by atoms with Gasteiger partial charge in [0.25, 0.3) is 0 Å². The van der Waals surface area contributed by atoms with Crippen molar-refractivity contribution in [1.29, 1.82) is 0 Å². The number of carbonyl (C=O) groups is 1. The SMILES string of the molecule is CN1CC=C(C2CCCCC2COc2c[nH]c(=O)cc2C=O)N1C1CCCC1. The topological polar surface area (TPSA) is 65.6 Å². The van der Waals surface area contributed by atoms with E-state index in [2.05, 4.69) is 28.1 Å². The van der Waals surface area contributed by atoms with Crippen LogP contribution in [-0.2, 0) is 0 Å². The largest absolute Gasteiger partial charge is 0.491 e. The predicted octanol–water partition coefficient (Wildman–Crippen LogP) is 3.36. The first kappa shape index (κ1) is 19.2. The summed E-state index contributed by atoms with van der Waals surface area (Å²) in [7, 11) is 2.20. The first-order valence-electron chi connectivity index (χ1n) is 10.7. The van der Waals surface area contributed by atoms with Gasteiger partial charge in [0.15, 0.2) is 6.29 Å². The Hall–Kier alpha value is -2.08. The highest BCUT2D eigenvalue weighted by Crippen LogP contribution is 2.41. The van der Waals surface area contributed by atoms with Crippen LogP contribution >= 0.6 is 0 Å². The van der Waals surface area contributed by atoms with E-state index in [9.17, 15) is 9.59 Å². The molecule has 2 unspecified atom stereocenters. The Bertz CT molecular complexity index is 781. The second kappa shape index (κ2) is 8.52. The van der Waals surface area contributed by atoms with E-state index in [1.807, 2.05) is 0 Å². The Morgan fingerprint density at radius 2 is 1.93 bits per heavy atom. The maximum atomic E-state index is 11.4. The molecule has 3 aliphatic rings. The van der Waals surface area contributed by atoms with Gasteiger partial charge in [-0.05, 0) is 31.8 Å². The fourth-order valence-corrected chi connectivity index (χ4v) is 5.25. The molecule has 0 radical (unpaired) electrons. The van der Waals surface area contributed by atoms with Gasteiger partial charge in [0.1, 0.15) is 5.75 Å². The third-order valence-electron chi connectivity index (χ3n) is 6.65. The van der Waals surface area contributed by atoms with E-state index in [0.29, 0.717) is 42.1 Å². The van der Waals surface area contributed by atoms with Crippen molar-refractivity contribution in [3.05, 3.63) is 40.0 Å². The van der Waals surface area contributed by atoms with Gasteiger partial charge in [-0.15, -0.1) is 0 Å². The molecule has 6 nitrogen and oxygen atoms in total. The van der Waals surface area contributed by atoms with Crippen LogP contribution in [0.3, 0.4) is 0 Å². The molecule has 6 heteroatoms. The summed E-state index contributed by atoms with van der Waals surface area (Å²) in [5.74, 6) is 1.41. The number of nitrogens with one attached hydrogen (secondary N) is 1. The molecule has 2 aliphatic carbocycles. The molecule has 2 saturated carbocycles. The highest BCUT2D eigenvalue weighted by atomic mass is 16.5. The molecule has 152 valence electrons. The van der Waals surface area contributed by atoms with Crippen LogP contribution in [0.25, 0.3) is 0 Å². The minimum Gasteiger partial charge on any atom is -0.491 e. The zero-order valence-corrected chi connectivity index (χ0v) is 16.7. The van der Waals surface area contributed by atoms with Crippen LogP contribution in [0.1, 0.15) is 61.7 Å². The van der Waals surface area contributed by atoms with Crippen molar-refractivity contribution < 1.29 is 9.53 Å². The van der Waals surface area contributed by atoms with Crippen LogP contribution in [0, 0.1) is 11.8 Å². The smallest absolute Gasteiger partial charge is 0.248 e. The number of rotatable bonds is 6. The van der Waals surface area contributed by atoms with Crippen LogP contribution in [0.5, 0.6) is 5.75 Å². The number of pyridine rings is 1. The number of aldehydes is 1. The van der Waals surface area contributed by atoms with E-state index in [1.165, 1.54) is 62.9 Å². The lowest BCUT2D eigenvalue weighted by Crippen LogP contribution is -2.44. The number of hydrogen-bond acceptors (Lipinski definition) is 5. The molecule has 0 aromatic carbocycles. The number of aromatic amines is 1. The van der Waals surface area contributed by atoms with E-state index < -0.39 is 0 Å². The molecule has 4 rings (SSSR count). The van der Waals surface area contributed by atoms with E-state index >= 15 is 0 Å². The zero-order chi connectivity index (χ0) is 19.5. The molecule has 1 aliphatic heterocycles. The highest BCUT2D eigenvalue weighted by molar-refractivity contribution is 5.78. The van der Waals surface area contributed by atoms with Gasteiger partial charge >= 0.3 is 0 Å². The lowest BCUT2D eigenvalue weighted by atomic mass is 9.77. The number of hydrazine groups is 1. The lowest BCUT2D eigenvalue weighted by molar-refractivity contribution is 0.00423. The standard InChI is InChI=1S/C22H31N3O3/c1-24-11-10-20(25(24)18-7-3-4-8-18)19-9-5-2-6-16(19)15-28-21-13-23-22(27)12-17(21)14-26/h10,12-14,16,18-19H,2-9,11,15H2,1H3,(H,23,27). The highest BCUT2D eigenvalue weighted by Gasteiger charge is 2.38. The maximum absolute atomic E-state index is 11.4. The second-order valence-corrected chi connectivity index (χ2v) is 8.45. The number of hydrogen-bond donors (Lipinski definition) is 1. The van der Waals surface area contributed by atoms with Gasteiger partial charge in [-0.3, -0.25) is 9.59 Å². The molecular formula is C22H31N3O3. The first-order valence-corrected chi connectivity index (χ1v) is 10.7. The van der Waals surface area contributed by atoms with Gasteiger partial charge in [-0.25, -0.2) is 5.01 Å². The van der Waals surface area contributed by atoms with Crippen molar-refractivity contribution in [2.75, 3.05) is 20.2 Å². The van der Waals surface area contributed by atoms with Gasteiger partial charge in [-0.1, -0.05) is 25.7 Å². The minimum atomic E-state index is -0.281. The summed E-state index contributed by atoms with van der Waals surface area (Å²) in [6.45, 7) is 1.57. The second-order valence-electron chi connectivity index (χ2n) is 8.45. The summed E-state index contributed by atoms with van der Waals surface area (Å²) in [5, 5.41) is 4.96. The van der Waals surface area contributed by atoms with E-state index in [4.69, 9.17) is 4.74 Å². The summed E-state index contributed by atoms with van der Waals surface area (Å²) in [4.78, 5) is 25.3. The first-order chi connectivity index (χ1) is 13.7. The lowest BCUT2D eigenvalue weighted by Gasteiger charge is -2.41. The Morgan fingerprint density at radius 3 is 2.71 bits per heavy atom. The molecule has 1 aromatic rings. The van der Waals surface area contributed by atoms with Gasteiger partial charge in [0, 0.05) is 49.4 Å². The Labute approximate surface area is 166 Å². The van der Waals surface area contributed by atoms with Crippen LogP contribution in [0.2, 0.25) is 0 Å². The summed E-state index contributed by atoms with van der Waals surface area (Å²) >= 11 is 0. The molecule has 1 N–H and O–H groups in total. The number of aromatic nitrogens is 1. The predicted molar refractivity (Wildman–Crippen MR) is 108 cm³/mol. The molecule has 2 atom stereocenters. The van der Waals surface area contributed by atoms with Crippen LogP contribution in [0.4, 0.5) is 0 Å². The molecule has 2 fully saturated rings. The number of likely N-dealkylation sites (N-methyl/N-ethyl adjacent to an activating group) is 1. The molecule has 28 heavy (non-hydrogen) atoms. The normalized spacial score (nSPS) is 26.5. The van der Waals surface area contributed by atoms with Gasteiger partial charge < -0.3 is 14.7 Å². The molecule has 0 spiro atoms. The number of nitrogens with zero attached hydrogens (tertiary/aromatic N) is 2. The third kappa shape index (κ3) is 3.88. The summed E-state index contributed by atoms with van der Waals surface area (Å²) in [5.41, 5.74) is 1.53. The van der Waals surface area contributed by atoms with E-state index in [1.54, 1.807) is 0 Å². The molecule has 0 bridgehead atoms. The minimum absolute atomic E-state index is 0.281. The number of H-pyrrole nitrogens is 1. The fourth-order valence-electron chi connectivity index (χ4n) is 5.25. The average molecular weight is 386 g/mol. The Kier molecular flexibility index (Phi) is 5.85. The summed E-state index contributed by atoms with van der Waals surface area (Å²) < 4.78 is 6.04. The van der Waals surface area contributed by atoms with Crippen molar-refractivity contribution in [3.63, 3.8) is 0 Å². The average Bonchev–Trinajstić information content (AvgIpc) is 3.36. The Balaban J connectivity index is 1.49. The number of allylic oxidation sites excluding steroid dienone is 1. The van der Waals surface area contributed by atoms with Crippen molar-refractivity contribution in [2.24, 2.45) is 11.8 Å². The molecule has 0 saturated heterocycles. The van der Waals surface area contributed by atoms with Crippen molar-refractivity contribution in [1.82, 2.24) is 15.0 Å². The van der Waals surface area contributed by atoms with Crippen molar-refractivity contribution in [3.8, 4) is 5.75 Å². The van der Waals surface area contributed by atoms with Gasteiger partial charge in [0.2, 0.25) is 5.56 Å². The van der Waals surface area contributed by atoms with Crippen LogP contribution < -0.4 is 10.3 Å². The van der Waals surface area contributed by atoms with E-state index in [-0.39, 0.29) is 5.56 Å². The number of ether oxygens (including phenoxy) is 1. The van der Waals surface area contributed by atoms with Gasteiger partial charge in [0.05, 0.1) is 12.2 Å². The van der Waals surface area contributed by atoms with Crippen LogP contribution in [-0.4, -0.2) is 47.5 Å².